The summed E-state index contributed by atoms with van der Waals surface area (Å²) >= 11 is 1.02. The Morgan fingerprint density at radius 1 is 1.32 bits per heavy atom. The molecule has 0 saturated carbocycles. The topological polar surface area (TPSA) is 108 Å². The molecule has 3 fully saturated rings. The normalized spacial score (nSPS) is 24.8. The van der Waals surface area contributed by atoms with Crippen molar-refractivity contribution in [2.75, 3.05) is 42.6 Å². The first-order valence-electron chi connectivity index (χ1n) is 9.88. The first-order chi connectivity index (χ1) is 15.0. The number of aliphatic hydroxyl groups excluding tert-OH is 1. The molecule has 3 aliphatic heterocycles. The van der Waals surface area contributed by atoms with E-state index in [1.165, 1.54) is 17.2 Å². The Labute approximate surface area is 181 Å². The van der Waals surface area contributed by atoms with Crippen LogP contribution in [0.25, 0.3) is 0 Å². The van der Waals surface area contributed by atoms with Crippen LogP contribution >= 0.6 is 11.7 Å². The lowest BCUT2D eigenvalue weighted by molar-refractivity contribution is -0.135. The summed E-state index contributed by atoms with van der Waals surface area (Å²) in [6.45, 7) is 0.851. The standard InChI is InChI=1S/C19H20FN5O5S/c20-15-4-11(25-8-14(30-19(25)28)10-29-17-5-21-31-22-17)1-2-16(15)23-6-13-3-12(23)7-24(13)18(27)9-26/h1-2,4-5,12-14,26H,3,6-10H2/t12-,13-,14+/m0/s1. The van der Waals surface area contributed by atoms with Gasteiger partial charge in [0.25, 0.3) is 0 Å². The van der Waals surface area contributed by atoms with Gasteiger partial charge in [-0.25, -0.2) is 9.18 Å². The summed E-state index contributed by atoms with van der Waals surface area (Å²) in [5.74, 6) is -0.361. The molecule has 4 heterocycles. The van der Waals surface area contributed by atoms with E-state index < -0.39 is 24.6 Å². The minimum absolute atomic E-state index is 0.0133. The van der Waals surface area contributed by atoms with Crippen molar-refractivity contribution in [2.24, 2.45) is 0 Å². The van der Waals surface area contributed by atoms with Crippen LogP contribution in [0.5, 0.6) is 5.88 Å². The fraction of sp³-hybridized carbons (Fsp3) is 0.474. The number of halogens is 1. The van der Waals surface area contributed by atoms with Crippen LogP contribution in [0.2, 0.25) is 0 Å². The Morgan fingerprint density at radius 3 is 2.87 bits per heavy atom. The number of amides is 2. The van der Waals surface area contributed by atoms with Gasteiger partial charge in [-0.15, -0.1) is 4.37 Å². The van der Waals surface area contributed by atoms with Gasteiger partial charge in [0.2, 0.25) is 11.8 Å². The van der Waals surface area contributed by atoms with E-state index in [9.17, 15) is 14.0 Å². The van der Waals surface area contributed by atoms with E-state index in [1.807, 2.05) is 4.90 Å². The van der Waals surface area contributed by atoms with E-state index in [0.717, 1.165) is 18.1 Å². The highest BCUT2D eigenvalue weighted by Gasteiger charge is 2.45. The maximum absolute atomic E-state index is 15.0. The lowest BCUT2D eigenvalue weighted by Gasteiger charge is -2.35. The molecule has 10 nitrogen and oxygen atoms in total. The first kappa shape index (κ1) is 19.9. The Morgan fingerprint density at radius 2 is 2.19 bits per heavy atom. The zero-order valence-electron chi connectivity index (χ0n) is 16.4. The number of anilines is 2. The number of cyclic esters (lactones) is 1. The minimum Gasteiger partial charge on any atom is -0.472 e. The van der Waals surface area contributed by atoms with Gasteiger partial charge in [0.15, 0.2) is 6.10 Å². The van der Waals surface area contributed by atoms with Gasteiger partial charge in [0, 0.05) is 19.1 Å². The predicted molar refractivity (Wildman–Crippen MR) is 108 cm³/mol. The van der Waals surface area contributed by atoms with Crippen molar-refractivity contribution >= 4 is 35.1 Å². The number of likely N-dealkylation sites (tertiary alicyclic amines) is 1. The summed E-state index contributed by atoms with van der Waals surface area (Å²) < 4.78 is 33.5. The van der Waals surface area contributed by atoms with Crippen molar-refractivity contribution < 1.29 is 28.6 Å². The fourth-order valence-corrected chi connectivity index (χ4v) is 4.84. The highest BCUT2D eigenvalue weighted by Crippen LogP contribution is 2.37. The lowest BCUT2D eigenvalue weighted by Crippen LogP contribution is -2.49. The number of ether oxygens (including phenoxy) is 2. The molecule has 5 rings (SSSR count). The fourth-order valence-electron chi connectivity index (χ4n) is 4.47. The zero-order chi connectivity index (χ0) is 21.5. The highest BCUT2D eigenvalue weighted by atomic mass is 32.1. The highest BCUT2D eigenvalue weighted by molar-refractivity contribution is 6.99. The molecule has 3 aliphatic rings. The van der Waals surface area contributed by atoms with E-state index in [0.29, 0.717) is 30.3 Å². The largest absolute Gasteiger partial charge is 0.472 e. The number of rotatable bonds is 6. The summed E-state index contributed by atoms with van der Waals surface area (Å²) in [5.41, 5.74) is 0.848. The molecule has 1 N–H and O–H groups in total. The van der Waals surface area contributed by atoms with E-state index in [2.05, 4.69) is 8.75 Å². The van der Waals surface area contributed by atoms with Crippen LogP contribution in [0, 0.1) is 5.82 Å². The second-order valence-electron chi connectivity index (χ2n) is 7.71. The quantitative estimate of drug-likeness (QED) is 0.692. The van der Waals surface area contributed by atoms with Crippen LogP contribution < -0.4 is 14.5 Å². The molecule has 0 unspecified atom stereocenters. The Balaban J connectivity index is 1.24. The van der Waals surface area contributed by atoms with Crippen LogP contribution in [0.1, 0.15) is 6.42 Å². The number of carbonyl (C=O) groups excluding carboxylic acids is 2. The van der Waals surface area contributed by atoms with Gasteiger partial charge >= 0.3 is 6.09 Å². The van der Waals surface area contributed by atoms with Crippen molar-refractivity contribution in [2.45, 2.75) is 24.6 Å². The number of carbonyl (C=O) groups is 2. The van der Waals surface area contributed by atoms with Gasteiger partial charge in [-0.2, -0.15) is 4.37 Å². The summed E-state index contributed by atoms with van der Waals surface area (Å²) in [4.78, 5) is 29.0. The molecule has 3 saturated heterocycles. The second-order valence-corrected chi connectivity index (χ2v) is 8.27. The van der Waals surface area contributed by atoms with E-state index >= 15 is 0 Å². The van der Waals surface area contributed by atoms with Crippen LogP contribution in [0.15, 0.2) is 24.4 Å². The van der Waals surface area contributed by atoms with Crippen molar-refractivity contribution in [1.82, 2.24) is 13.6 Å². The van der Waals surface area contributed by atoms with E-state index in [1.54, 1.807) is 17.0 Å². The molecule has 1 aromatic heterocycles. The Bertz CT molecular complexity index is 992. The molecule has 31 heavy (non-hydrogen) atoms. The average molecular weight is 449 g/mol. The van der Waals surface area contributed by atoms with Crippen molar-refractivity contribution in [1.29, 1.82) is 0 Å². The third kappa shape index (κ3) is 3.65. The minimum atomic E-state index is -0.560. The lowest BCUT2D eigenvalue weighted by atomic mass is 10.2. The monoisotopic (exact) mass is 449 g/mol. The predicted octanol–water partition coefficient (Wildman–Crippen LogP) is 0.863. The number of hydrogen-bond acceptors (Lipinski definition) is 9. The van der Waals surface area contributed by atoms with Crippen LogP contribution in [-0.4, -0.2) is 81.8 Å². The van der Waals surface area contributed by atoms with Crippen LogP contribution in [0.4, 0.5) is 20.6 Å². The zero-order valence-corrected chi connectivity index (χ0v) is 17.2. The maximum atomic E-state index is 15.0. The number of hydrogen-bond donors (Lipinski definition) is 1. The number of benzene rings is 1. The van der Waals surface area contributed by atoms with Gasteiger partial charge in [0.1, 0.15) is 25.2 Å². The van der Waals surface area contributed by atoms with Gasteiger partial charge in [-0.05, 0) is 24.6 Å². The number of fused-ring (bicyclic) bond motifs is 2. The molecule has 2 aromatic rings. The maximum Gasteiger partial charge on any atom is 0.414 e. The molecular weight excluding hydrogens is 429 g/mol. The molecule has 2 amide bonds. The first-order valence-corrected chi connectivity index (χ1v) is 10.6. The summed E-state index contributed by atoms with van der Waals surface area (Å²) in [7, 11) is 0. The molecule has 1 aromatic carbocycles. The molecule has 2 bridgehead atoms. The van der Waals surface area contributed by atoms with Crippen molar-refractivity contribution in [3.8, 4) is 5.88 Å². The average Bonchev–Trinajstić information content (AvgIpc) is 3.55. The molecule has 164 valence electrons. The second kappa shape index (κ2) is 7.93. The van der Waals surface area contributed by atoms with Gasteiger partial charge in [-0.3, -0.25) is 9.69 Å². The van der Waals surface area contributed by atoms with Crippen LogP contribution in [-0.2, 0) is 9.53 Å². The molecule has 0 radical (unpaired) electrons. The third-order valence-corrected chi connectivity index (χ3v) is 6.34. The Kier molecular flexibility index (Phi) is 5.10. The number of aliphatic hydroxyl groups is 1. The van der Waals surface area contributed by atoms with Gasteiger partial charge < -0.3 is 24.4 Å². The number of nitrogens with zero attached hydrogens (tertiary/aromatic N) is 5. The SMILES string of the molecule is O=C1O[C@@H](COc2cnsn2)CN1c1ccc(N2C[C@@H]3C[C@H]2CN3C(=O)CO)c(F)c1. The molecular formula is C19H20FN5O5S. The molecule has 12 heteroatoms. The van der Waals surface area contributed by atoms with Gasteiger partial charge in [0.05, 0.1) is 35.7 Å². The Hall–Kier alpha value is -2.99. The smallest absolute Gasteiger partial charge is 0.414 e. The number of aromatic nitrogens is 2. The summed E-state index contributed by atoms with van der Waals surface area (Å²) in [5, 5.41) is 9.09. The van der Waals surface area contributed by atoms with Gasteiger partial charge in [-0.1, -0.05) is 0 Å². The number of piperazine rings is 1. The van der Waals surface area contributed by atoms with Crippen LogP contribution in [0.3, 0.4) is 0 Å². The molecule has 3 atom stereocenters. The molecule has 0 aliphatic carbocycles. The van der Waals surface area contributed by atoms with E-state index in [4.69, 9.17) is 14.6 Å². The summed E-state index contributed by atoms with van der Waals surface area (Å²) in [6, 6.07) is 4.66. The van der Waals surface area contributed by atoms with Crippen molar-refractivity contribution in [3.05, 3.63) is 30.2 Å². The third-order valence-electron chi connectivity index (χ3n) is 5.88. The van der Waals surface area contributed by atoms with Crippen molar-refractivity contribution in [3.63, 3.8) is 0 Å². The van der Waals surface area contributed by atoms with E-state index in [-0.39, 0.29) is 31.1 Å². The summed E-state index contributed by atoms with van der Waals surface area (Å²) in [6.07, 6.45) is 1.18. The molecule has 0 spiro atoms.